The van der Waals surface area contributed by atoms with Gasteiger partial charge in [0.25, 0.3) is 5.91 Å². The number of hydrogen-bond acceptors (Lipinski definition) is 5. The van der Waals surface area contributed by atoms with Crippen LogP contribution in [0.4, 0.5) is 0 Å². The summed E-state index contributed by atoms with van der Waals surface area (Å²) >= 11 is 0. The number of rotatable bonds is 6. The molecular weight excluding hydrogens is 354 g/mol. The minimum absolute atomic E-state index is 0.170. The van der Waals surface area contributed by atoms with E-state index in [0.29, 0.717) is 24.5 Å². The van der Waals surface area contributed by atoms with Crippen LogP contribution >= 0.6 is 0 Å². The van der Waals surface area contributed by atoms with Crippen LogP contribution in [0, 0.1) is 11.8 Å². The summed E-state index contributed by atoms with van der Waals surface area (Å²) in [5.74, 6) is 1.04. The van der Waals surface area contributed by atoms with Crippen molar-refractivity contribution >= 4 is 16.8 Å². The molecule has 0 saturated heterocycles. The van der Waals surface area contributed by atoms with Crippen molar-refractivity contribution in [3.8, 4) is 0 Å². The highest BCUT2D eigenvalue weighted by molar-refractivity contribution is 5.92. The zero-order valence-corrected chi connectivity index (χ0v) is 16.1. The van der Waals surface area contributed by atoms with Crippen molar-refractivity contribution in [2.45, 2.75) is 45.3 Å². The second-order valence-corrected chi connectivity index (χ2v) is 8.07. The fourth-order valence-electron chi connectivity index (χ4n) is 3.77. The molecule has 1 amide bonds. The Labute approximate surface area is 164 Å². The molecule has 6 nitrogen and oxygen atoms in total. The highest BCUT2D eigenvalue weighted by Crippen LogP contribution is 2.38. The molecule has 1 aliphatic carbocycles. The van der Waals surface area contributed by atoms with Crippen LogP contribution in [0.1, 0.15) is 54.5 Å². The van der Waals surface area contributed by atoms with E-state index in [2.05, 4.69) is 35.4 Å². The maximum Gasteiger partial charge on any atom is 0.273 e. The Bertz CT molecular complexity index is 976. The SMILES string of the molecule is CC(C)Cc1cc(C(=O)N[C@H](c2cnc3ccccc3c2)C2CC(O)C2)no1. The maximum atomic E-state index is 12.8. The highest BCUT2D eigenvalue weighted by atomic mass is 16.5. The number of para-hydroxylation sites is 1. The average molecular weight is 379 g/mol. The van der Waals surface area contributed by atoms with Crippen molar-refractivity contribution in [3.05, 3.63) is 59.6 Å². The summed E-state index contributed by atoms with van der Waals surface area (Å²) in [6.07, 6.45) is 3.57. The molecule has 28 heavy (non-hydrogen) atoms. The van der Waals surface area contributed by atoms with Crippen LogP contribution in [0.2, 0.25) is 0 Å². The number of aromatic nitrogens is 2. The van der Waals surface area contributed by atoms with E-state index in [1.165, 1.54) is 0 Å². The lowest BCUT2D eigenvalue weighted by atomic mass is 9.75. The van der Waals surface area contributed by atoms with Crippen molar-refractivity contribution in [2.24, 2.45) is 11.8 Å². The standard InChI is InChI=1S/C22H25N3O3/c1-13(2)7-18-11-20(25-28-18)22(27)24-21(15-9-17(26)10-15)16-8-14-5-3-4-6-19(14)23-12-16/h3-6,8,11-13,15,17,21,26H,7,9-10H2,1-2H3,(H,24,27)/t15?,17?,21-/m0/s1. The van der Waals surface area contributed by atoms with Gasteiger partial charge in [0.2, 0.25) is 0 Å². The van der Waals surface area contributed by atoms with Crippen LogP contribution in [-0.4, -0.2) is 27.3 Å². The van der Waals surface area contributed by atoms with Gasteiger partial charge in [0, 0.05) is 24.1 Å². The molecular formula is C22H25N3O3. The number of amides is 1. The first-order valence-electron chi connectivity index (χ1n) is 9.79. The number of nitrogens with zero attached hydrogens (tertiary/aromatic N) is 2. The second kappa shape index (κ2) is 7.72. The van der Waals surface area contributed by atoms with Crippen LogP contribution in [0.25, 0.3) is 10.9 Å². The molecule has 1 saturated carbocycles. The summed E-state index contributed by atoms with van der Waals surface area (Å²) in [6.45, 7) is 4.18. The van der Waals surface area contributed by atoms with Gasteiger partial charge in [-0.15, -0.1) is 0 Å². The van der Waals surface area contributed by atoms with Crippen LogP contribution in [0.15, 0.2) is 47.1 Å². The molecule has 2 N–H and O–H groups in total. The molecule has 2 heterocycles. The number of carbonyl (C=O) groups is 1. The van der Waals surface area contributed by atoms with E-state index in [9.17, 15) is 9.90 Å². The molecule has 6 heteroatoms. The molecule has 146 valence electrons. The zero-order chi connectivity index (χ0) is 19.7. The van der Waals surface area contributed by atoms with Gasteiger partial charge in [0.05, 0.1) is 17.7 Å². The van der Waals surface area contributed by atoms with Crippen LogP contribution in [0.3, 0.4) is 0 Å². The van der Waals surface area contributed by atoms with Gasteiger partial charge < -0.3 is 14.9 Å². The van der Waals surface area contributed by atoms with E-state index in [0.717, 1.165) is 22.9 Å². The van der Waals surface area contributed by atoms with Crippen molar-refractivity contribution in [1.29, 1.82) is 0 Å². The topological polar surface area (TPSA) is 88.2 Å². The number of carbonyl (C=O) groups excluding carboxylic acids is 1. The van der Waals surface area contributed by atoms with Crippen molar-refractivity contribution in [1.82, 2.24) is 15.5 Å². The lowest BCUT2D eigenvalue weighted by molar-refractivity contribution is 0.0234. The number of aliphatic hydroxyl groups is 1. The van der Waals surface area contributed by atoms with E-state index in [1.54, 1.807) is 6.07 Å². The second-order valence-electron chi connectivity index (χ2n) is 8.07. The molecule has 4 rings (SSSR count). The maximum absolute atomic E-state index is 12.8. The third kappa shape index (κ3) is 3.92. The third-order valence-electron chi connectivity index (χ3n) is 5.28. The molecule has 0 aliphatic heterocycles. The van der Waals surface area contributed by atoms with Gasteiger partial charge in [-0.3, -0.25) is 9.78 Å². The van der Waals surface area contributed by atoms with E-state index < -0.39 is 0 Å². The number of hydrogen-bond donors (Lipinski definition) is 2. The molecule has 1 aliphatic rings. The summed E-state index contributed by atoms with van der Waals surface area (Å²) in [5, 5.41) is 17.8. The third-order valence-corrected chi connectivity index (χ3v) is 5.28. The van der Waals surface area contributed by atoms with Gasteiger partial charge in [0.15, 0.2) is 5.69 Å². The molecule has 0 bridgehead atoms. The molecule has 0 spiro atoms. The Morgan fingerprint density at radius 2 is 2.07 bits per heavy atom. The molecule has 1 atom stereocenters. The number of nitrogens with one attached hydrogen (secondary N) is 1. The fourth-order valence-corrected chi connectivity index (χ4v) is 3.77. The van der Waals surface area contributed by atoms with E-state index in [1.807, 2.05) is 30.5 Å². The van der Waals surface area contributed by atoms with E-state index in [-0.39, 0.29) is 29.7 Å². The number of aliphatic hydroxyl groups excluding tert-OH is 1. The van der Waals surface area contributed by atoms with Gasteiger partial charge in [-0.05, 0) is 42.4 Å². The Kier molecular flexibility index (Phi) is 5.13. The van der Waals surface area contributed by atoms with Crippen molar-refractivity contribution in [2.75, 3.05) is 0 Å². The summed E-state index contributed by atoms with van der Waals surface area (Å²) in [5.41, 5.74) is 2.14. The molecule has 1 aromatic carbocycles. The van der Waals surface area contributed by atoms with Gasteiger partial charge in [0.1, 0.15) is 5.76 Å². The van der Waals surface area contributed by atoms with Gasteiger partial charge in [-0.1, -0.05) is 37.2 Å². The molecule has 0 unspecified atom stereocenters. The number of benzene rings is 1. The van der Waals surface area contributed by atoms with Crippen molar-refractivity contribution in [3.63, 3.8) is 0 Å². The lowest BCUT2D eigenvalue weighted by Gasteiger charge is -2.38. The van der Waals surface area contributed by atoms with Crippen LogP contribution < -0.4 is 5.32 Å². The number of pyridine rings is 1. The van der Waals surface area contributed by atoms with E-state index >= 15 is 0 Å². The summed E-state index contributed by atoms with van der Waals surface area (Å²) < 4.78 is 5.30. The average Bonchev–Trinajstić information content (AvgIpc) is 3.11. The van der Waals surface area contributed by atoms with Gasteiger partial charge >= 0.3 is 0 Å². The zero-order valence-electron chi connectivity index (χ0n) is 16.1. The summed E-state index contributed by atoms with van der Waals surface area (Å²) in [4.78, 5) is 17.3. The fraction of sp³-hybridized carbons (Fsp3) is 0.409. The van der Waals surface area contributed by atoms with Crippen LogP contribution in [0.5, 0.6) is 0 Å². The quantitative estimate of drug-likeness (QED) is 0.682. The lowest BCUT2D eigenvalue weighted by Crippen LogP contribution is -2.41. The Morgan fingerprint density at radius 1 is 1.29 bits per heavy atom. The van der Waals surface area contributed by atoms with Crippen LogP contribution in [-0.2, 0) is 6.42 Å². The minimum Gasteiger partial charge on any atom is -0.393 e. The molecule has 1 fully saturated rings. The number of fused-ring (bicyclic) bond motifs is 1. The van der Waals surface area contributed by atoms with Crippen molar-refractivity contribution < 1.29 is 14.4 Å². The molecule has 3 aromatic rings. The van der Waals surface area contributed by atoms with Gasteiger partial charge in [-0.2, -0.15) is 0 Å². The first-order valence-corrected chi connectivity index (χ1v) is 9.79. The molecule has 0 radical (unpaired) electrons. The predicted molar refractivity (Wildman–Crippen MR) is 106 cm³/mol. The first-order chi connectivity index (χ1) is 13.5. The summed E-state index contributed by atoms with van der Waals surface area (Å²) in [7, 11) is 0. The summed E-state index contributed by atoms with van der Waals surface area (Å²) in [6, 6.07) is 11.4. The Balaban J connectivity index is 1.57. The first kappa shape index (κ1) is 18.6. The monoisotopic (exact) mass is 379 g/mol. The predicted octanol–water partition coefficient (Wildman–Crippen LogP) is 3.66. The van der Waals surface area contributed by atoms with E-state index in [4.69, 9.17) is 4.52 Å². The largest absolute Gasteiger partial charge is 0.393 e. The normalized spacial score (nSPS) is 20.1. The van der Waals surface area contributed by atoms with Gasteiger partial charge in [-0.25, -0.2) is 0 Å². The Hall–Kier alpha value is -2.73. The minimum atomic E-state index is -0.303. The highest BCUT2D eigenvalue weighted by Gasteiger charge is 2.36. The molecule has 2 aromatic heterocycles. The smallest absolute Gasteiger partial charge is 0.273 e. The Morgan fingerprint density at radius 3 is 2.82 bits per heavy atom.